The van der Waals surface area contributed by atoms with E-state index in [0.717, 1.165) is 24.6 Å². The first-order valence-electron chi connectivity index (χ1n) is 9.92. The first-order chi connectivity index (χ1) is 13.6. The second kappa shape index (κ2) is 6.30. The van der Waals surface area contributed by atoms with Crippen LogP contribution < -0.4 is 4.74 Å². The maximum absolute atomic E-state index is 12.4. The van der Waals surface area contributed by atoms with Gasteiger partial charge in [0.05, 0.1) is 5.56 Å². The van der Waals surface area contributed by atoms with Gasteiger partial charge in [0, 0.05) is 11.8 Å². The first kappa shape index (κ1) is 17.2. The molecule has 2 aliphatic rings. The van der Waals surface area contributed by atoms with Gasteiger partial charge in [0.2, 0.25) is 0 Å². The van der Waals surface area contributed by atoms with Crippen molar-refractivity contribution in [3.63, 3.8) is 0 Å². The van der Waals surface area contributed by atoms with Gasteiger partial charge < -0.3 is 4.74 Å². The molecule has 1 fully saturated rings. The third kappa shape index (κ3) is 2.57. The molecule has 0 bridgehead atoms. The van der Waals surface area contributed by atoms with Crippen molar-refractivity contribution in [1.29, 1.82) is 0 Å². The molecule has 28 heavy (non-hydrogen) atoms. The molecule has 0 aliphatic heterocycles. The highest BCUT2D eigenvalue weighted by molar-refractivity contribution is 5.94. The molecule has 2 atom stereocenters. The number of hydrogen-bond donors (Lipinski definition) is 0. The average Bonchev–Trinajstić information content (AvgIpc) is 3.03. The summed E-state index contributed by atoms with van der Waals surface area (Å²) < 4.78 is 5.57. The topological polar surface area (TPSA) is 43.4 Å². The summed E-state index contributed by atoms with van der Waals surface area (Å²) in [4.78, 5) is 24.7. The molecule has 3 nitrogen and oxygen atoms in total. The molecule has 0 aromatic heterocycles. The summed E-state index contributed by atoms with van der Waals surface area (Å²) in [5, 5.41) is 2.28. The number of ether oxygens (including phenoxy) is 1. The number of ketones is 1. The Bertz CT molecular complexity index is 1100. The third-order valence-electron chi connectivity index (χ3n) is 6.70. The minimum Gasteiger partial charge on any atom is -0.423 e. The Hall–Kier alpha value is -2.94. The minimum absolute atomic E-state index is 0.189. The molecule has 0 amide bonds. The van der Waals surface area contributed by atoms with Crippen molar-refractivity contribution in [1.82, 2.24) is 0 Å². The normalized spacial score (nSPS) is 23.3. The summed E-state index contributed by atoms with van der Waals surface area (Å²) in [7, 11) is 0. The van der Waals surface area contributed by atoms with Crippen molar-refractivity contribution in [2.24, 2.45) is 5.41 Å². The van der Waals surface area contributed by atoms with Gasteiger partial charge in [0.1, 0.15) is 11.5 Å². The Morgan fingerprint density at radius 2 is 1.86 bits per heavy atom. The van der Waals surface area contributed by atoms with E-state index in [9.17, 15) is 9.59 Å². The monoisotopic (exact) mass is 370 g/mol. The number of hydrogen-bond acceptors (Lipinski definition) is 3. The predicted molar refractivity (Wildman–Crippen MR) is 109 cm³/mol. The van der Waals surface area contributed by atoms with Gasteiger partial charge >= 0.3 is 5.97 Å². The maximum atomic E-state index is 12.4. The van der Waals surface area contributed by atoms with Gasteiger partial charge in [0.15, 0.2) is 0 Å². The molecule has 0 N–H and O–H groups in total. The SMILES string of the molecule is C[C@]12CCc3c(ccc4cc(OC(=O)c5ccccc5)ccc34)[C@H]1CCC2=O. The van der Waals surface area contributed by atoms with E-state index in [4.69, 9.17) is 4.74 Å². The molecule has 3 aromatic rings. The predicted octanol–water partition coefficient (Wildman–Crippen LogP) is 5.46. The highest BCUT2D eigenvalue weighted by Crippen LogP contribution is 2.54. The van der Waals surface area contributed by atoms with E-state index < -0.39 is 0 Å². The third-order valence-corrected chi connectivity index (χ3v) is 6.70. The summed E-state index contributed by atoms with van der Waals surface area (Å²) >= 11 is 0. The lowest BCUT2D eigenvalue weighted by atomic mass is 9.66. The van der Waals surface area contributed by atoms with E-state index in [-0.39, 0.29) is 11.4 Å². The zero-order valence-electron chi connectivity index (χ0n) is 15.9. The molecule has 2 aliphatic carbocycles. The molecule has 5 rings (SSSR count). The Morgan fingerprint density at radius 1 is 1.04 bits per heavy atom. The molecule has 140 valence electrons. The number of fused-ring (bicyclic) bond motifs is 5. The highest BCUT2D eigenvalue weighted by atomic mass is 16.5. The Kier molecular flexibility index (Phi) is 3.87. The van der Waals surface area contributed by atoms with E-state index in [2.05, 4.69) is 25.1 Å². The van der Waals surface area contributed by atoms with Crippen molar-refractivity contribution in [3.05, 3.63) is 77.4 Å². The van der Waals surface area contributed by atoms with Crippen LogP contribution in [0.4, 0.5) is 0 Å². The van der Waals surface area contributed by atoms with Gasteiger partial charge in [-0.2, -0.15) is 0 Å². The van der Waals surface area contributed by atoms with Crippen LogP contribution >= 0.6 is 0 Å². The van der Waals surface area contributed by atoms with Gasteiger partial charge in [-0.25, -0.2) is 4.79 Å². The molecule has 0 spiro atoms. The van der Waals surface area contributed by atoms with E-state index in [1.807, 2.05) is 30.3 Å². The lowest BCUT2D eigenvalue weighted by Crippen LogP contribution is -2.32. The van der Waals surface area contributed by atoms with E-state index in [1.165, 1.54) is 16.5 Å². The molecule has 0 radical (unpaired) electrons. The fraction of sp³-hybridized carbons (Fsp3) is 0.280. The van der Waals surface area contributed by atoms with Gasteiger partial charge in [-0.05, 0) is 71.3 Å². The number of carbonyl (C=O) groups is 2. The van der Waals surface area contributed by atoms with E-state index in [1.54, 1.807) is 12.1 Å². The molecule has 3 aromatic carbocycles. The summed E-state index contributed by atoms with van der Waals surface area (Å²) in [6.45, 7) is 2.15. The van der Waals surface area contributed by atoms with E-state index >= 15 is 0 Å². The van der Waals surface area contributed by atoms with Crippen LogP contribution in [0.15, 0.2) is 60.7 Å². The zero-order valence-corrected chi connectivity index (χ0v) is 15.9. The lowest BCUT2D eigenvalue weighted by molar-refractivity contribution is -0.126. The fourth-order valence-corrected chi connectivity index (χ4v) is 5.07. The summed E-state index contributed by atoms with van der Waals surface area (Å²) in [5.74, 6) is 0.964. The number of aryl methyl sites for hydroxylation is 1. The molecule has 0 heterocycles. The molecule has 1 saturated carbocycles. The number of Topliss-reactive ketones (excluding diaryl/α,β-unsaturated/α-hetero) is 1. The molecular formula is C25H22O3. The van der Waals surface area contributed by atoms with Gasteiger partial charge in [-0.15, -0.1) is 0 Å². The van der Waals surface area contributed by atoms with Crippen LogP contribution in [-0.4, -0.2) is 11.8 Å². The number of esters is 1. The van der Waals surface area contributed by atoms with Crippen LogP contribution in [0.2, 0.25) is 0 Å². The molecule has 0 saturated heterocycles. The van der Waals surface area contributed by atoms with Crippen LogP contribution in [0.5, 0.6) is 5.75 Å². The first-order valence-corrected chi connectivity index (χ1v) is 9.92. The van der Waals surface area contributed by atoms with Crippen LogP contribution in [0.25, 0.3) is 10.8 Å². The molecule has 0 unspecified atom stereocenters. The Labute approximate surface area is 164 Å². The second-order valence-electron chi connectivity index (χ2n) is 8.20. The summed E-state index contributed by atoms with van der Waals surface area (Å²) in [6.07, 6.45) is 3.51. The van der Waals surface area contributed by atoms with Gasteiger partial charge in [-0.3, -0.25) is 4.79 Å². The Morgan fingerprint density at radius 3 is 2.68 bits per heavy atom. The van der Waals surface area contributed by atoms with Crippen molar-refractivity contribution in [2.75, 3.05) is 0 Å². The lowest BCUT2D eigenvalue weighted by Gasteiger charge is -2.37. The standard InChI is InChI=1S/C25H22O3/c1-25-14-13-20-19-10-8-18(28-24(27)16-5-3-2-4-6-16)15-17(19)7-9-21(20)22(25)11-12-23(25)26/h2-10,15,22H,11-14H2,1H3/t22-,25+/m1/s1. The minimum atomic E-state index is -0.349. The van der Waals surface area contributed by atoms with Crippen LogP contribution in [0.1, 0.15) is 53.6 Å². The van der Waals surface area contributed by atoms with Gasteiger partial charge in [-0.1, -0.05) is 43.3 Å². The maximum Gasteiger partial charge on any atom is 0.343 e. The van der Waals surface area contributed by atoms with Crippen molar-refractivity contribution in [3.8, 4) is 5.75 Å². The van der Waals surface area contributed by atoms with Gasteiger partial charge in [0.25, 0.3) is 0 Å². The number of carbonyl (C=O) groups excluding carboxylic acids is 2. The largest absolute Gasteiger partial charge is 0.423 e. The van der Waals surface area contributed by atoms with Crippen LogP contribution in [-0.2, 0) is 11.2 Å². The van der Waals surface area contributed by atoms with E-state index in [0.29, 0.717) is 29.4 Å². The fourth-order valence-electron chi connectivity index (χ4n) is 5.07. The van der Waals surface area contributed by atoms with Crippen LogP contribution in [0, 0.1) is 5.41 Å². The summed E-state index contributed by atoms with van der Waals surface area (Å²) in [5.41, 5.74) is 3.04. The second-order valence-corrected chi connectivity index (χ2v) is 8.20. The Balaban J connectivity index is 1.49. The molecular weight excluding hydrogens is 348 g/mol. The van der Waals surface area contributed by atoms with Crippen molar-refractivity contribution < 1.29 is 14.3 Å². The summed E-state index contributed by atoms with van der Waals surface area (Å²) in [6, 6.07) is 19.2. The van der Waals surface area contributed by atoms with Crippen molar-refractivity contribution >= 4 is 22.5 Å². The molecule has 3 heteroatoms. The number of benzene rings is 3. The van der Waals surface area contributed by atoms with Crippen LogP contribution in [0.3, 0.4) is 0 Å². The number of rotatable bonds is 2. The average molecular weight is 370 g/mol. The zero-order chi connectivity index (χ0) is 19.3. The highest BCUT2D eigenvalue weighted by Gasteiger charge is 2.49. The smallest absolute Gasteiger partial charge is 0.343 e. The quantitative estimate of drug-likeness (QED) is 0.444. The van der Waals surface area contributed by atoms with Crippen molar-refractivity contribution in [2.45, 2.75) is 38.5 Å².